The number of hydrogen-bond donors (Lipinski definition) is 2. The molecule has 4 heteroatoms. The van der Waals surface area contributed by atoms with Gasteiger partial charge >= 0.3 is 6.03 Å². The molecule has 1 fully saturated rings. The molecule has 98 valence electrons. The maximum absolute atomic E-state index is 11.9. The highest BCUT2D eigenvalue weighted by Crippen LogP contribution is 2.27. The Labute approximate surface area is 108 Å². The van der Waals surface area contributed by atoms with Gasteiger partial charge in [0.1, 0.15) is 0 Å². The van der Waals surface area contributed by atoms with E-state index in [1.807, 2.05) is 30.9 Å². The summed E-state index contributed by atoms with van der Waals surface area (Å²) in [5.74, 6) is 0.434. The van der Waals surface area contributed by atoms with E-state index in [-0.39, 0.29) is 12.1 Å². The van der Waals surface area contributed by atoms with Crippen molar-refractivity contribution >= 4 is 11.7 Å². The number of nitrogens with one attached hydrogen (secondary N) is 1. The lowest BCUT2D eigenvalue weighted by Gasteiger charge is -2.19. The zero-order valence-electron chi connectivity index (χ0n) is 11.0. The fraction of sp³-hybridized carbons (Fsp3) is 0.500. The molecule has 0 bridgehead atoms. The topological polar surface area (TPSA) is 58.4 Å². The van der Waals surface area contributed by atoms with Crippen LogP contribution in [-0.4, -0.2) is 30.1 Å². The second-order valence-electron chi connectivity index (χ2n) is 5.20. The Morgan fingerprint density at radius 3 is 2.67 bits per heavy atom. The first-order chi connectivity index (χ1) is 8.56. The minimum Gasteiger partial charge on any atom is -0.399 e. The first kappa shape index (κ1) is 12.7. The second kappa shape index (κ2) is 5.29. The van der Waals surface area contributed by atoms with Crippen molar-refractivity contribution < 1.29 is 4.79 Å². The zero-order chi connectivity index (χ0) is 13.1. The van der Waals surface area contributed by atoms with E-state index >= 15 is 0 Å². The SMILES string of the molecule is CC(C)NC(=O)N1CCC(c2ccc(N)cc2)C1. The van der Waals surface area contributed by atoms with Crippen LogP contribution in [0, 0.1) is 0 Å². The van der Waals surface area contributed by atoms with Gasteiger partial charge in [-0.25, -0.2) is 4.79 Å². The van der Waals surface area contributed by atoms with Crippen LogP contribution in [0.4, 0.5) is 10.5 Å². The molecule has 0 spiro atoms. The number of likely N-dealkylation sites (tertiary alicyclic amines) is 1. The number of carbonyl (C=O) groups excluding carboxylic acids is 1. The lowest BCUT2D eigenvalue weighted by Crippen LogP contribution is -2.41. The summed E-state index contributed by atoms with van der Waals surface area (Å²) in [6.07, 6.45) is 1.02. The van der Waals surface area contributed by atoms with Gasteiger partial charge in [0.2, 0.25) is 0 Å². The Morgan fingerprint density at radius 2 is 2.06 bits per heavy atom. The Hall–Kier alpha value is -1.71. The number of hydrogen-bond acceptors (Lipinski definition) is 2. The van der Waals surface area contributed by atoms with Crippen LogP contribution in [0.1, 0.15) is 31.7 Å². The third-order valence-electron chi connectivity index (χ3n) is 3.30. The molecule has 0 aliphatic carbocycles. The van der Waals surface area contributed by atoms with E-state index in [1.54, 1.807) is 0 Å². The molecular weight excluding hydrogens is 226 g/mol. The van der Waals surface area contributed by atoms with Gasteiger partial charge in [-0.05, 0) is 38.0 Å². The van der Waals surface area contributed by atoms with Crippen molar-refractivity contribution in [2.45, 2.75) is 32.2 Å². The second-order valence-corrected chi connectivity index (χ2v) is 5.20. The molecule has 1 aromatic rings. The van der Waals surface area contributed by atoms with Gasteiger partial charge in [0.05, 0.1) is 0 Å². The summed E-state index contributed by atoms with van der Waals surface area (Å²) in [5.41, 5.74) is 7.73. The minimum atomic E-state index is 0.0444. The summed E-state index contributed by atoms with van der Waals surface area (Å²) >= 11 is 0. The van der Waals surface area contributed by atoms with Gasteiger partial charge in [-0.1, -0.05) is 12.1 Å². The van der Waals surface area contributed by atoms with Gasteiger partial charge in [-0.15, -0.1) is 0 Å². The van der Waals surface area contributed by atoms with Crippen molar-refractivity contribution in [1.29, 1.82) is 0 Å². The number of rotatable bonds is 2. The molecule has 1 aliphatic heterocycles. The first-order valence-electron chi connectivity index (χ1n) is 6.47. The van der Waals surface area contributed by atoms with E-state index in [0.717, 1.165) is 25.2 Å². The summed E-state index contributed by atoms with van der Waals surface area (Å²) in [5, 5.41) is 2.93. The van der Waals surface area contributed by atoms with E-state index in [1.165, 1.54) is 5.56 Å². The van der Waals surface area contributed by atoms with E-state index < -0.39 is 0 Å². The fourth-order valence-corrected chi connectivity index (χ4v) is 2.32. The number of anilines is 1. The van der Waals surface area contributed by atoms with Crippen molar-refractivity contribution in [2.24, 2.45) is 0 Å². The van der Waals surface area contributed by atoms with Gasteiger partial charge in [-0.2, -0.15) is 0 Å². The minimum absolute atomic E-state index is 0.0444. The van der Waals surface area contributed by atoms with Crippen LogP contribution < -0.4 is 11.1 Å². The van der Waals surface area contributed by atoms with E-state index in [0.29, 0.717) is 5.92 Å². The van der Waals surface area contributed by atoms with Crippen molar-refractivity contribution in [1.82, 2.24) is 10.2 Å². The molecular formula is C14H21N3O. The normalized spacial score (nSPS) is 19.3. The third kappa shape index (κ3) is 2.94. The molecule has 3 N–H and O–H groups in total. The highest BCUT2D eigenvalue weighted by Gasteiger charge is 2.27. The molecule has 1 atom stereocenters. The summed E-state index contributed by atoms with van der Waals surface area (Å²) in [6.45, 7) is 5.58. The summed E-state index contributed by atoms with van der Waals surface area (Å²) in [7, 11) is 0. The lowest BCUT2D eigenvalue weighted by atomic mass is 9.98. The van der Waals surface area contributed by atoms with Crippen molar-refractivity contribution in [3.05, 3.63) is 29.8 Å². The molecule has 18 heavy (non-hydrogen) atoms. The number of benzene rings is 1. The molecule has 0 aromatic heterocycles. The van der Waals surface area contributed by atoms with Crippen molar-refractivity contribution in [3.63, 3.8) is 0 Å². The van der Waals surface area contributed by atoms with Gasteiger partial charge in [0.15, 0.2) is 0 Å². The average molecular weight is 247 g/mol. The smallest absolute Gasteiger partial charge is 0.317 e. The number of nitrogens with two attached hydrogens (primary N) is 1. The van der Waals surface area contributed by atoms with Crippen LogP contribution in [0.5, 0.6) is 0 Å². The van der Waals surface area contributed by atoms with Crippen LogP contribution >= 0.6 is 0 Å². The predicted octanol–water partition coefficient (Wildman–Crippen LogP) is 2.18. The molecule has 0 radical (unpaired) electrons. The summed E-state index contributed by atoms with van der Waals surface area (Å²) in [6, 6.07) is 8.20. The summed E-state index contributed by atoms with van der Waals surface area (Å²) in [4.78, 5) is 13.8. The van der Waals surface area contributed by atoms with Crippen LogP contribution in [0.3, 0.4) is 0 Å². The average Bonchev–Trinajstić information content (AvgIpc) is 2.78. The number of amides is 2. The number of nitrogen functional groups attached to an aromatic ring is 1. The highest BCUT2D eigenvalue weighted by atomic mass is 16.2. The largest absolute Gasteiger partial charge is 0.399 e. The number of carbonyl (C=O) groups is 1. The Morgan fingerprint density at radius 1 is 1.39 bits per heavy atom. The van der Waals surface area contributed by atoms with Gasteiger partial charge < -0.3 is 16.0 Å². The maximum atomic E-state index is 11.9. The van der Waals surface area contributed by atoms with E-state index in [4.69, 9.17) is 5.73 Å². The molecule has 1 heterocycles. The Balaban J connectivity index is 1.96. The van der Waals surface area contributed by atoms with Crippen molar-refractivity contribution in [2.75, 3.05) is 18.8 Å². The molecule has 2 rings (SSSR count). The molecule has 1 aliphatic rings. The molecule has 1 saturated heterocycles. The molecule has 4 nitrogen and oxygen atoms in total. The fourth-order valence-electron chi connectivity index (χ4n) is 2.32. The van der Waals surface area contributed by atoms with E-state index in [2.05, 4.69) is 17.4 Å². The van der Waals surface area contributed by atoms with Crippen LogP contribution in [-0.2, 0) is 0 Å². The zero-order valence-corrected chi connectivity index (χ0v) is 11.0. The van der Waals surface area contributed by atoms with Crippen LogP contribution in [0.2, 0.25) is 0 Å². The third-order valence-corrected chi connectivity index (χ3v) is 3.30. The van der Waals surface area contributed by atoms with Crippen molar-refractivity contribution in [3.8, 4) is 0 Å². The van der Waals surface area contributed by atoms with Crippen LogP contribution in [0.25, 0.3) is 0 Å². The number of nitrogens with zero attached hydrogens (tertiary/aromatic N) is 1. The quantitative estimate of drug-likeness (QED) is 0.787. The standard InChI is InChI=1S/C14H21N3O/c1-10(2)16-14(18)17-8-7-12(9-17)11-3-5-13(15)6-4-11/h3-6,10,12H,7-9,15H2,1-2H3,(H,16,18). The predicted molar refractivity (Wildman–Crippen MR) is 73.5 cm³/mol. The lowest BCUT2D eigenvalue weighted by molar-refractivity contribution is 0.205. The van der Waals surface area contributed by atoms with Crippen LogP contribution in [0.15, 0.2) is 24.3 Å². The Bertz CT molecular complexity index is 414. The number of urea groups is 1. The monoisotopic (exact) mass is 247 g/mol. The molecule has 0 saturated carbocycles. The first-order valence-corrected chi connectivity index (χ1v) is 6.47. The Kier molecular flexibility index (Phi) is 3.75. The summed E-state index contributed by atoms with van der Waals surface area (Å²) < 4.78 is 0. The van der Waals surface area contributed by atoms with E-state index in [9.17, 15) is 4.79 Å². The molecule has 1 unspecified atom stereocenters. The van der Waals surface area contributed by atoms with Gasteiger partial charge in [0, 0.05) is 30.7 Å². The maximum Gasteiger partial charge on any atom is 0.317 e. The van der Waals surface area contributed by atoms with Gasteiger partial charge in [-0.3, -0.25) is 0 Å². The van der Waals surface area contributed by atoms with Gasteiger partial charge in [0.25, 0.3) is 0 Å². The highest BCUT2D eigenvalue weighted by molar-refractivity contribution is 5.74. The molecule has 2 amide bonds. The molecule has 1 aromatic carbocycles.